The lowest BCUT2D eigenvalue weighted by atomic mass is 10.2. The Kier molecular flexibility index (Phi) is 3.62. The van der Waals surface area contributed by atoms with Gasteiger partial charge in [-0.15, -0.1) is 0 Å². The molecule has 0 saturated heterocycles. The minimum atomic E-state index is 0.527. The quantitative estimate of drug-likeness (QED) is 0.799. The second kappa shape index (κ2) is 5.58. The molecule has 0 saturated carbocycles. The first-order valence-corrected chi connectivity index (χ1v) is 7.11. The molecule has 3 aromatic rings. The molecule has 0 aliphatic rings. The number of hydrogen-bond acceptors (Lipinski definition) is 3. The summed E-state index contributed by atoms with van der Waals surface area (Å²) in [4.78, 5) is 4.80. The average Bonchev–Trinajstić information content (AvgIpc) is 2.91. The minimum Gasteiger partial charge on any atom is -0.496 e. The highest BCUT2D eigenvalue weighted by atomic mass is 16.5. The second-order valence-corrected chi connectivity index (χ2v) is 4.91. The van der Waals surface area contributed by atoms with Gasteiger partial charge in [0.05, 0.1) is 23.7 Å². The Morgan fingerprint density at radius 3 is 2.71 bits per heavy atom. The highest BCUT2D eigenvalue weighted by Crippen LogP contribution is 2.31. The molecule has 1 heterocycles. The zero-order valence-corrected chi connectivity index (χ0v) is 12.3. The largest absolute Gasteiger partial charge is 0.496 e. The van der Waals surface area contributed by atoms with Crippen molar-refractivity contribution in [3.8, 4) is 17.1 Å². The van der Waals surface area contributed by atoms with Crippen LogP contribution >= 0.6 is 0 Å². The molecule has 0 fully saturated rings. The Morgan fingerprint density at radius 1 is 1.19 bits per heavy atom. The molecule has 0 aliphatic carbocycles. The van der Waals surface area contributed by atoms with E-state index in [1.165, 1.54) is 0 Å². The van der Waals surface area contributed by atoms with E-state index < -0.39 is 0 Å². The summed E-state index contributed by atoms with van der Waals surface area (Å²) in [6, 6.07) is 14.2. The van der Waals surface area contributed by atoms with Gasteiger partial charge in [-0.3, -0.25) is 0 Å². The van der Waals surface area contributed by atoms with Crippen LogP contribution in [0.5, 0.6) is 5.75 Å². The van der Waals surface area contributed by atoms with Crippen LogP contribution < -0.4 is 10.5 Å². The number of nitrogens with zero attached hydrogens (tertiary/aromatic N) is 2. The molecule has 108 valence electrons. The number of ether oxygens (including phenoxy) is 1. The number of imidazole rings is 1. The van der Waals surface area contributed by atoms with Crippen molar-refractivity contribution in [2.45, 2.75) is 20.0 Å². The number of nitrogens with two attached hydrogens (primary N) is 1. The fourth-order valence-electron chi connectivity index (χ4n) is 2.66. The number of aryl methyl sites for hydroxylation is 1. The van der Waals surface area contributed by atoms with Crippen molar-refractivity contribution in [1.82, 2.24) is 9.55 Å². The van der Waals surface area contributed by atoms with E-state index in [9.17, 15) is 0 Å². The van der Waals surface area contributed by atoms with Crippen LogP contribution in [0.15, 0.2) is 42.5 Å². The summed E-state index contributed by atoms with van der Waals surface area (Å²) in [5.41, 5.74) is 9.91. The van der Waals surface area contributed by atoms with E-state index in [0.717, 1.165) is 40.3 Å². The van der Waals surface area contributed by atoms with Gasteiger partial charge in [0.25, 0.3) is 0 Å². The average molecular weight is 281 g/mol. The van der Waals surface area contributed by atoms with Gasteiger partial charge in [-0.2, -0.15) is 0 Å². The van der Waals surface area contributed by atoms with Crippen LogP contribution in [0.1, 0.15) is 12.5 Å². The molecule has 0 unspecified atom stereocenters. The molecule has 3 rings (SSSR count). The van der Waals surface area contributed by atoms with Gasteiger partial charge in [-0.25, -0.2) is 4.98 Å². The number of methoxy groups -OCH3 is 1. The van der Waals surface area contributed by atoms with E-state index in [1.807, 2.05) is 24.3 Å². The Hall–Kier alpha value is -2.33. The van der Waals surface area contributed by atoms with Crippen molar-refractivity contribution in [3.63, 3.8) is 0 Å². The first-order valence-electron chi connectivity index (χ1n) is 7.11. The predicted molar refractivity (Wildman–Crippen MR) is 85.3 cm³/mol. The third-order valence-electron chi connectivity index (χ3n) is 3.71. The molecule has 4 nitrogen and oxygen atoms in total. The summed E-state index contributed by atoms with van der Waals surface area (Å²) in [6.07, 6.45) is 0. The molecule has 0 aliphatic heterocycles. The smallest absolute Gasteiger partial charge is 0.144 e. The van der Waals surface area contributed by atoms with Crippen LogP contribution in [0.2, 0.25) is 0 Å². The number of fused-ring (bicyclic) bond motifs is 1. The van der Waals surface area contributed by atoms with E-state index in [2.05, 4.69) is 29.7 Å². The third-order valence-corrected chi connectivity index (χ3v) is 3.71. The Bertz CT molecular complexity index is 777. The first-order chi connectivity index (χ1) is 10.3. The van der Waals surface area contributed by atoms with Gasteiger partial charge < -0.3 is 15.0 Å². The maximum atomic E-state index is 5.72. The van der Waals surface area contributed by atoms with E-state index in [4.69, 9.17) is 15.5 Å². The highest BCUT2D eigenvalue weighted by Gasteiger charge is 2.15. The number of para-hydroxylation sites is 1. The lowest BCUT2D eigenvalue weighted by Crippen LogP contribution is -1.99. The monoisotopic (exact) mass is 281 g/mol. The van der Waals surface area contributed by atoms with Crippen LogP contribution in [-0.2, 0) is 13.1 Å². The van der Waals surface area contributed by atoms with E-state index in [0.29, 0.717) is 6.54 Å². The molecule has 0 amide bonds. The number of rotatable bonds is 4. The lowest BCUT2D eigenvalue weighted by molar-refractivity contribution is 0.416. The van der Waals surface area contributed by atoms with Crippen molar-refractivity contribution >= 4 is 11.0 Å². The zero-order valence-electron chi connectivity index (χ0n) is 12.3. The van der Waals surface area contributed by atoms with E-state index in [1.54, 1.807) is 7.11 Å². The van der Waals surface area contributed by atoms with Gasteiger partial charge in [0.15, 0.2) is 0 Å². The molecule has 1 aromatic heterocycles. The van der Waals surface area contributed by atoms with Crippen molar-refractivity contribution in [2.75, 3.05) is 7.11 Å². The summed E-state index contributed by atoms with van der Waals surface area (Å²) >= 11 is 0. The highest BCUT2D eigenvalue weighted by molar-refractivity contribution is 5.82. The van der Waals surface area contributed by atoms with Crippen molar-refractivity contribution < 1.29 is 4.74 Å². The third kappa shape index (κ3) is 2.28. The Balaban J connectivity index is 2.26. The molecule has 2 aromatic carbocycles. The molecule has 4 heteroatoms. The normalized spacial score (nSPS) is 11.0. The fraction of sp³-hybridized carbons (Fsp3) is 0.235. The summed E-state index contributed by atoms with van der Waals surface area (Å²) in [6.45, 7) is 3.50. The topological polar surface area (TPSA) is 53.1 Å². The van der Waals surface area contributed by atoms with Crippen LogP contribution in [-0.4, -0.2) is 16.7 Å². The molecule has 0 bridgehead atoms. The van der Waals surface area contributed by atoms with Gasteiger partial charge in [0.2, 0.25) is 0 Å². The summed E-state index contributed by atoms with van der Waals surface area (Å²) in [7, 11) is 1.68. The van der Waals surface area contributed by atoms with Crippen LogP contribution in [0.3, 0.4) is 0 Å². The number of hydrogen-bond donors (Lipinski definition) is 1. The van der Waals surface area contributed by atoms with Crippen LogP contribution in [0.25, 0.3) is 22.4 Å². The summed E-state index contributed by atoms with van der Waals surface area (Å²) < 4.78 is 7.67. The van der Waals surface area contributed by atoms with Crippen LogP contribution in [0.4, 0.5) is 0 Å². The van der Waals surface area contributed by atoms with Gasteiger partial charge >= 0.3 is 0 Å². The van der Waals surface area contributed by atoms with Gasteiger partial charge in [-0.1, -0.05) is 18.2 Å². The fourth-order valence-corrected chi connectivity index (χ4v) is 2.66. The second-order valence-electron chi connectivity index (χ2n) is 4.91. The maximum Gasteiger partial charge on any atom is 0.144 e. The van der Waals surface area contributed by atoms with Crippen molar-refractivity contribution in [2.24, 2.45) is 5.73 Å². The summed E-state index contributed by atoms with van der Waals surface area (Å²) in [5.74, 6) is 1.76. The van der Waals surface area contributed by atoms with Gasteiger partial charge in [-0.05, 0) is 36.8 Å². The Morgan fingerprint density at radius 2 is 2.00 bits per heavy atom. The molecular formula is C17H19N3O. The minimum absolute atomic E-state index is 0.527. The first kappa shape index (κ1) is 13.6. The van der Waals surface area contributed by atoms with E-state index >= 15 is 0 Å². The summed E-state index contributed by atoms with van der Waals surface area (Å²) in [5, 5.41) is 0. The predicted octanol–water partition coefficient (Wildman–Crippen LogP) is 3.19. The van der Waals surface area contributed by atoms with Gasteiger partial charge in [0, 0.05) is 13.1 Å². The molecule has 2 N–H and O–H groups in total. The van der Waals surface area contributed by atoms with Gasteiger partial charge in [0.1, 0.15) is 11.6 Å². The molecular weight excluding hydrogens is 262 g/mol. The number of benzene rings is 2. The molecule has 21 heavy (non-hydrogen) atoms. The SMILES string of the molecule is CCn1c(-c2ccccc2OC)nc2cc(CN)ccc21. The number of aromatic nitrogens is 2. The molecule has 0 spiro atoms. The maximum absolute atomic E-state index is 5.72. The van der Waals surface area contributed by atoms with Crippen LogP contribution in [0, 0.1) is 0 Å². The van der Waals surface area contributed by atoms with Crippen molar-refractivity contribution in [1.29, 1.82) is 0 Å². The van der Waals surface area contributed by atoms with E-state index in [-0.39, 0.29) is 0 Å². The van der Waals surface area contributed by atoms with Crippen molar-refractivity contribution in [3.05, 3.63) is 48.0 Å². The zero-order chi connectivity index (χ0) is 14.8. The standard InChI is InChI=1S/C17H19N3O/c1-3-20-15-9-8-12(11-18)10-14(15)19-17(20)13-6-4-5-7-16(13)21-2/h4-10H,3,11,18H2,1-2H3. The molecule has 0 atom stereocenters. The lowest BCUT2D eigenvalue weighted by Gasteiger charge is -2.10. The Labute approximate surface area is 124 Å². The molecule has 0 radical (unpaired) electrons.